The highest BCUT2D eigenvalue weighted by molar-refractivity contribution is 5.96. The van der Waals surface area contributed by atoms with Gasteiger partial charge in [0, 0.05) is 28.5 Å². The van der Waals surface area contributed by atoms with Gasteiger partial charge in [0.15, 0.2) is 17.5 Å². The quantitative estimate of drug-likeness (QED) is 0.0963. The van der Waals surface area contributed by atoms with E-state index in [1.807, 2.05) is 6.20 Å². The van der Waals surface area contributed by atoms with Crippen LogP contribution in [-0.2, 0) is 18.3 Å². The highest BCUT2D eigenvalue weighted by Gasteiger charge is 2.51. The summed E-state index contributed by atoms with van der Waals surface area (Å²) in [7, 11) is 0. The summed E-state index contributed by atoms with van der Waals surface area (Å²) >= 11 is 0. The molecule has 9 aromatic rings. The van der Waals surface area contributed by atoms with Crippen molar-refractivity contribution in [1.82, 2.24) is 19.9 Å². The van der Waals surface area contributed by atoms with Gasteiger partial charge >= 0.3 is 0 Å². The fraction of sp³-hybridized carbons (Fsp3) is 0.206. The zero-order valence-electron chi connectivity index (χ0n) is 38.7. The van der Waals surface area contributed by atoms with Gasteiger partial charge in [0.05, 0.1) is 11.1 Å². The van der Waals surface area contributed by atoms with Gasteiger partial charge in [-0.3, -0.25) is 4.98 Å². The summed E-state index contributed by atoms with van der Waals surface area (Å²) in [5.41, 5.74) is 19.9. The van der Waals surface area contributed by atoms with Crippen LogP contribution in [0.4, 0.5) is 0 Å². The van der Waals surface area contributed by atoms with Gasteiger partial charge in [-0.25, -0.2) is 15.0 Å². The fourth-order valence-electron chi connectivity index (χ4n) is 10.8. The molecule has 4 nitrogen and oxygen atoms in total. The topological polar surface area (TPSA) is 51.6 Å². The third-order valence-electron chi connectivity index (χ3n) is 14.2. The molecule has 0 bridgehead atoms. The molecule has 2 aliphatic carbocycles. The minimum atomic E-state index is -0.476. The molecule has 2 aliphatic rings. The average molecular weight is 869 g/mol. The molecule has 2 aromatic heterocycles. The van der Waals surface area contributed by atoms with Crippen molar-refractivity contribution in [2.75, 3.05) is 0 Å². The minimum absolute atomic E-state index is 0.476. The van der Waals surface area contributed by atoms with Crippen LogP contribution in [0.1, 0.15) is 98.6 Å². The van der Waals surface area contributed by atoms with E-state index in [0.29, 0.717) is 17.5 Å². The van der Waals surface area contributed by atoms with Crippen molar-refractivity contribution in [2.24, 2.45) is 0 Å². The lowest BCUT2D eigenvalue weighted by atomic mass is 9.70. The van der Waals surface area contributed by atoms with Gasteiger partial charge < -0.3 is 0 Å². The van der Waals surface area contributed by atoms with Gasteiger partial charge in [-0.05, 0) is 129 Å². The monoisotopic (exact) mass is 868 g/mol. The molecule has 328 valence electrons. The number of rotatable bonds is 15. The fourth-order valence-corrected chi connectivity index (χ4v) is 10.8. The molecule has 0 N–H and O–H groups in total. The summed E-state index contributed by atoms with van der Waals surface area (Å²) in [4.78, 5) is 20.7. The number of nitrogens with zero attached hydrogens (tertiary/aromatic N) is 4. The van der Waals surface area contributed by atoms with E-state index >= 15 is 0 Å². The highest BCUT2D eigenvalue weighted by Crippen LogP contribution is 2.63. The second-order valence-electron chi connectivity index (χ2n) is 18.5. The number of fused-ring (bicyclic) bond motifs is 10. The van der Waals surface area contributed by atoms with Crippen LogP contribution in [0.25, 0.3) is 78.8 Å². The van der Waals surface area contributed by atoms with Crippen LogP contribution in [0.5, 0.6) is 0 Å². The smallest absolute Gasteiger partial charge is 0.165 e. The number of hydrogen-bond donors (Lipinski definition) is 0. The number of unbranched alkanes of at least 4 members (excludes halogenated alkanes) is 6. The SMILES string of the molecule is CCCCCCc1cccc(-c2nc(-c3ccc(-c4ccc5c(c4)C4(c6ccccc6-c6ccccc64)c4cc(-c6ccccc6)ccc4-5)nc3)nc(-c3cccc(CCCCCC)c3)n2)c1. The van der Waals surface area contributed by atoms with Crippen LogP contribution >= 0.6 is 0 Å². The summed E-state index contributed by atoms with van der Waals surface area (Å²) in [5, 5.41) is 0. The van der Waals surface area contributed by atoms with Crippen LogP contribution in [0.3, 0.4) is 0 Å². The average Bonchev–Trinajstić information content (AvgIpc) is 3.86. The Morgan fingerprint density at radius 2 is 0.821 bits per heavy atom. The second-order valence-corrected chi connectivity index (χ2v) is 18.5. The maximum atomic E-state index is 5.19. The first-order valence-corrected chi connectivity index (χ1v) is 24.6. The summed E-state index contributed by atoms with van der Waals surface area (Å²) in [6, 6.07) is 64.6. The number of aryl methyl sites for hydroxylation is 2. The summed E-state index contributed by atoms with van der Waals surface area (Å²) in [6.45, 7) is 4.53. The molecule has 2 heterocycles. The summed E-state index contributed by atoms with van der Waals surface area (Å²) in [6.07, 6.45) is 13.9. The van der Waals surface area contributed by atoms with Gasteiger partial charge in [-0.1, -0.05) is 192 Å². The first-order valence-electron chi connectivity index (χ1n) is 24.6. The molecule has 0 saturated heterocycles. The lowest BCUT2D eigenvalue weighted by Gasteiger charge is -2.31. The van der Waals surface area contributed by atoms with Crippen molar-refractivity contribution >= 4 is 0 Å². The van der Waals surface area contributed by atoms with Crippen LogP contribution < -0.4 is 0 Å². The molecule has 0 saturated carbocycles. The Morgan fingerprint density at radius 1 is 0.343 bits per heavy atom. The van der Waals surface area contributed by atoms with E-state index in [-0.39, 0.29) is 0 Å². The van der Waals surface area contributed by atoms with Crippen LogP contribution in [0, 0.1) is 0 Å². The molecular weight excluding hydrogens is 813 g/mol. The minimum Gasteiger partial charge on any atom is -0.255 e. The van der Waals surface area contributed by atoms with E-state index in [1.54, 1.807) is 0 Å². The van der Waals surface area contributed by atoms with E-state index in [9.17, 15) is 0 Å². The number of hydrogen-bond acceptors (Lipinski definition) is 4. The first kappa shape index (κ1) is 42.3. The Balaban J connectivity index is 0.989. The Hall–Kier alpha value is -7.30. The van der Waals surface area contributed by atoms with Gasteiger partial charge in [0.1, 0.15) is 0 Å². The number of pyridine rings is 1. The number of benzene rings is 7. The van der Waals surface area contributed by atoms with Crippen LogP contribution in [0.15, 0.2) is 182 Å². The van der Waals surface area contributed by atoms with E-state index in [1.165, 1.54) is 118 Å². The number of aromatic nitrogens is 4. The molecule has 0 unspecified atom stereocenters. The van der Waals surface area contributed by atoms with Gasteiger partial charge in [-0.2, -0.15) is 0 Å². The van der Waals surface area contributed by atoms with E-state index in [0.717, 1.165) is 40.8 Å². The molecule has 0 amide bonds. The van der Waals surface area contributed by atoms with E-state index in [2.05, 4.69) is 190 Å². The van der Waals surface area contributed by atoms with Gasteiger partial charge in [0.2, 0.25) is 0 Å². The third-order valence-corrected chi connectivity index (χ3v) is 14.2. The zero-order chi connectivity index (χ0) is 45.2. The standard InChI is InChI=1S/C63H56N4/c1-3-5-7-10-20-43-22-18-26-48(38-43)60-65-61(49-27-19-23-44(39-49)21-11-8-6-4-2)67-62(66-60)50-34-37-59(64-42-50)47-33-36-54-53-35-32-46(45-24-12-9-13-25-45)40-57(53)63(58(54)41-47)55-30-16-14-28-51(55)52-29-15-17-31-56(52)63/h9,12-19,22-42H,3-8,10-11,20-21H2,1-2H3. The largest absolute Gasteiger partial charge is 0.255 e. The Bertz CT molecular complexity index is 3100. The maximum absolute atomic E-state index is 5.19. The van der Waals surface area contributed by atoms with Gasteiger partial charge in [-0.15, -0.1) is 0 Å². The third kappa shape index (κ3) is 7.89. The van der Waals surface area contributed by atoms with Gasteiger partial charge in [0.25, 0.3) is 0 Å². The molecular formula is C63H56N4. The zero-order valence-corrected chi connectivity index (χ0v) is 38.7. The van der Waals surface area contributed by atoms with Crippen molar-refractivity contribution in [1.29, 1.82) is 0 Å². The molecule has 4 heteroatoms. The summed E-state index contributed by atoms with van der Waals surface area (Å²) < 4.78 is 0. The molecule has 7 aromatic carbocycles. The predicted octanol–water partition coefficient (Wildman–Crippen LogP) is 16.2. The highest BCUT2D eigenvalue weighted by atomic mass is 15.0. The molecule has 0 atom stereocenters. The molecule has 1 spiro atoms. The molecule has 67 heavy (non-hydrogen) atoms. The van der Waals surface area contributed by atoms with Crippen molar-refractivity contribution in [3.05, 3.63) is 216 Å². The molecule has 0 fully saturated rings. The normalized spacial score (nSPS) is 12.7. The lowest BCUT2D eigenvalue weighted by molar-refractivity contribution is 0.667. The first-order chi connectivity index (χ1) is 33.1. The second kappa shape index (κ2) is 18.5. The molecule has 0 aliphatic heterocycles. The molecule has 0 radical (unpaired) electrons. The van der Waals surface area contributed by atoms with Crippen molar-refractivity contribution in [2.45, 2.75) is 83.5 Å². The van der Waals surface area contributed by atoms with Crippen LogP contribution in [0.2, 0.25) is 0 Å². The van der Waals surface area contributed by atoms with E-state index < -0.39 is 5.41 Å². The Kier molecular flexibility index (Phi) is 11.7. The summed E-state index contributed by atoms with van der Waals surface area (Å²) in [5.74, 6) is 1.99. The Labute approximate surface area is 395 Å². The van der Waals surface area contributed by atoms with Crippen molar-refractivity contribution in [3.63, 3.8) is 0 Å². The van der Waals surface area contributed by atoms with Crippen molar-refractivity contribution < 1.29 is 0 Å². The van der Waals surface area contributed by atoms with E-state index in [4.69, 9.17) is 19.9 Å². The maximum Gasteiger partial charge on any atom is 0.165 e. The lowest BCUT2D eigenvalue weighted by Crippen LogP contribution is -2.26. The van der Waals surface area contributed by atoms with Crippen LogP contribution in [-0.4, -0.2) is 19.9 Å². The molecule has 11 rings (SSSR count). The predicted molar refractivity (Wildman–Crippen MR) is 277 cm³/mol. The van der Waals surface area contributed by atoms with Crippen molar-refractivity contribution in [3.8, 4) is 78.8 Å². The Morgan fingerprint density at radius 3 is 1.37 bits per heavy atom.